The number of non-ortho nitro benzene ring substituents is 1. The Balaban J connectivity index is 2.27. The van der Waals surface area contributed by atoms with Crippen LogP contribution in [-0.4, -0.2) is 16.8 Å². The van der Waals surface area contributed by atoms with Crippen molar-refractivity contribution >= 4 is 28.2 Å². The van der Waals surface area contributed by atoms with Crippen LogP contribution in [0, 0.1) is 10.1 Å². The van der Waals surface area contributed by atoms with Gasteiger partial charge in [-0.15, -0.1) is 0 Å². The highest BCUT2D eigenvalue weighted by Gasteiger charge is 2.15. The number of nitrogens with zero attached hydrogens (tertiary/aromatic N) is 2. The fourth-order valence-electron chi connectivity index (χ4n) is 2.31. The molecule has 0 saturated carbocycles. The van der Waals surface area contributed by atoms with Gasteiger partial charge in [-0.1, -0.05) is 23.7 Å². The molecule has 0 spiro atoms. The van der Waals surface area contributed by atoms with Crippen molar-refractivity contribution in [3.8, 4) is 11.1 Å². The summed E-state index contributed by atoms with van der Waals surface area (Å²) in [5, 5.41) is 12.4. The maximum Gasteiger partial charge on any atom is 0.270 e. The molecule has 0 N–H and O–H groups in total. The second-order valence-corrected chi connectivity index (χ2v) is 4.95. The van der Waals surface area contributed by atoms with Crippen LogP contribution in [-0.2, 0) is 0 Å². The molecule has 0 aliphatic carbocycles. The topological polar surface area (TPSA) is 57.3 Å². The molecule has 1 aromatic heterocycles. The van der Waals surface area contributed by atoms with E-state index < -0.39 is 4.92 Å². The van der Waals surface area contributed by atoms with Crippen molar-refractivity contribution in [3.05, 3.63) is 63.8 Å². The Bertz CT molecular complexity index is 825. The van der Waals surface area contributed by atoms with Crippen LogP contribution in [0.5, 0.6) is 0 Å². The minimum atomic E-state index is -0.408. The molecule has 2 aromatic carbocycles. The largest absolute Gasteiger partial charge is 0.417 e. The molecule has 3 rings (SSSR count). The molecule has 0 saturated heterocycles. The number of rotatable bonds is 3. The van der Waals surface area contributed by atoms with Crippen molar-refractivity contribution in [3.63, 3.8) is 0 Å². The van der Waals surface area contributed by atoms with Gasteiger partial charge in [-0.2, -0.15) is 4.73 Å². The summed E-state index contributed by atoms with van der Waals surface area (Å²) >= 11 is 5.90. The first-order valence-electron chi connectivity index (χ1n) is 6.20. The lowest BCUT2D eigenvalue weighted by molar-refractivity contribution is -0.384. The zero-order valence-corrected chi connectivity index (χ0v) is 11.9. The number of hydrogen-bond donors (Lipinski definition) is 0. The van der Waals surface area contributed by atoms with Crippen molar-refractivity contribution < 1.29 is 9.76 Å². The van der Waals surface area contributed by atoms with Gasteiger partial charge in [0.15, 0.2) is 0 Å². The highest BCUT2D eigenvalue weighted by atomic mass is 35.5. The molecule has 0 aliphatic rings. The van der Waals surface area contributed by atoms with E-state index in [1.54, 1.807) is 42.3 Å². The molecule has 0 fully saturated rings. The van der Waals surface area contributed by atoms with E-state index in [1.807, 2.05) is 12.1 Å². The molecular weight excluding hydrogens is 292 g/mol. The van der Waals surface area contributed by atoms with E-state index in [-0.39, 0.29) is 5.69 Å². The second kappa shape index (κ2) is 5.10. The first kappa shape index (κ1) is 13.5. The number of fused-ring (bicyclic) bond motifs is 1. The highest BCUT2D eigenvalue weighted by molar-refractivity contribution is 6.30. The molecule has 5 nitrogen and oxygen atoms in total. The number of halogens is 1. The number of hydrogen-bond acceptors (Lipinski definition) is 3. The van der Waals surface area contributed by atoms with E-state index in [1.165, 1.54) is 6.07 Å². The maximum atomic E-state index is 11.0. The minimum absolute atomic E-state index is 0.0477. The summed E-state index contributed by atoms with van der Waals surface area (Å²) in [7, 11) is 1.55. The number of nitro groups is 1. The third kappa shape index (κ3) is 2.32. The molecule has 0 atom stereocenters. The van der Waals surface area contributed by atoms with E-state index >= 15 is 0 Å². The Hall–Kier alpha value is -2.53. The van der Waals surface area contributed by atoms with E-state index in [4.69, 9.17) is 16.4 Å². The van der Waals surface area contributed by atoms with Gasteiger partial charge in [0.25, 0.3) is 5.69 Å². The average molecular weight is 303 g/mol. The lowest BCUT2D eigenvalue weighted by Gasteiger charge is -2.00. The van der Waals surface area contributed by atoms with Gasteiger partial charge in [-0.05, 0) is 23.8 Å². The van der Waals surface area contributed by atoms with Crippen molar-refractivity contribution in [1.29, 1.82) is 0 Å². The zero-order valence-electron chi connectivity index (χ0n) is 11.1. The SMILES string of the molecule is COn1cc(-c2ccc(Cl)cc2)c2cc([N+](=O)[O-])ccc21. The Labute approximate surface area is 125 Å². The Morgan fingerprint density at radius 1 is 1.19 bits per heavy atom. The van der Waals surface area contributed by atoms with Crippen LogP contribution in [0.25, 0.3) is 22.0 Å². The van der Waals surface area contributed by atoms with Crippen LogP contribution < -0.4 is 4.84 Å². The maximum absolute atomic E-state index is 11.0. The van der Waals surface area contributed by atoms with Crippen molar-refractivity contribution in [2.75, 3.05) is 7.11 Å². The van der Waals surface area contributed by atoms with Crippen molar-refractivity contribution in [2.45, 2.75) is 0 Å². The summed E-state index contributed by atoms with van der Waals surface area (Å²) in [5.41, 5.74) is 2.59. The fourth-order valence-corrected chi connectivity index (χ4v) is 2.44. The van der Waals surface area contributed by atoms with Gasteiger partial charge in [-0.25, -0.2) is 0 Å². The molecular formula is C15H11ClN2O3. The molecule has 0 unspecified atom stereocenters. The predicted octanol–water partition coefficient (Wildman–Crippen LogP) is 3.93. The van der Waals surface area contributed by atoms with Crippen LogP contribution in [0.2, 0.25) is 5.02 Å². The standard InChI is InChI=1S/C15H11ClN2O3/c1-21-17-9-14(10-2-4-11(16)5-3-10)13-8-12(18(19)20)6-7-15(13)17/h2-9H,1H3. The summed E-state index contributed by atoms with van der Waals surface area (Å²) in [6.45, 7) is 0. The van der Waals surface area contributed by atoms with Crippen LogP contribution in [0.1, 0.15) is 0 Å². The van der Waals surface area contributed by atoms with Crippen molar-refractivity contribution in [2.24, 2.45) is 0 Å². The highest BCUT2D eigenvalue weighted by Crippen LogP contribution is 2.33. The number of nitro benzene ring substituents is 1. The molecule has 6 heteroatoms. The summed E-state index contributed by atoms with van der Waals surface area (Å²) in [6, 6.07) is 12.0. The minimum Gasteiger partial charge on any atom is -0.417 e. The molecule has 0 aliphatic heterocycles. The number of aromatic nitrogens is 1. The van der Waals surface area contributed by atoms with Gasteiger partial charge in [0.2, 0.25) is 0 Å². The van der Waals surface area contributed by atoms with Crippen LogP contribution >= 0.6 is 11.6 Å². The summed E-state index contributed by atoms with van der Waals surface area (Å²) in [4.78, 5) is 15.8. The first-order valence-corrected chi connectivity index (χ1v) is 6.58. The normalized spacial score (nSPS) is 10.8. The van der Waals surface area contributed by atoms with Gasteiger partial charge in [-0.3, -0.25) is 10.1 Å². The lowest BCUT2D eigenvalue weighted by atomic mass is 10.0. The molecule has 106 valence electrons. The number of benzene rings is 2. The lowest BCUT2D eigenvalue weighted by Crippen LogP contribution is -2.02. The summed E-state index contributed by atoms with van der Waals surface area (Å²) in [6.07, 6.45) is 1.80. The molecule has 1 heterocycles. The Morgan fingerprint density at radius 2 is 1.90 bits per heavy atom. The van der Waals surface area contributed by atoms with Crippen LogP contribution in [0.15, 0.2) is 48.7 Å². The Kier molecular flexibility index (Phi) is 3.27. The first-order chi connectivity index (χ1) is 10.1. The van der Waals surface area contributed by atoms with Crippen molar-refractivity contribution in [1.82, 2.24) is 4.73 Å². The smallest absolute Gasteiger partial charge is 0.270 e. The van der Waals surface area contributed by atoms with E-state index in [0.717, 1.165) is 22.0 Å². The van der Waals surface area contributed by atoms with Gasteiger partial charge >= 0.3 is 0 Å². The van der Waals surface area contributed by atoms with Crippen LogP contribution in [0.4, 0.5) is 5.69 Å². The molecule has 3 aromatic rings. The summed E-state index contributed by atoms with van der Waals surface area (Å²) < 4.78 is 1.59. The third-order valence-electron chi connectivity index (χ3n) is 3.32. The second-order valence-electron chi connectivity index (χ2n) is 4.52. The van der Waals surface area contributed by atoms with E-state index in [0.29, 0.717) is 5.02 Å². The monoisotopic (exact) mass is 302 g/mol. The quantitative estimate of drug-likeness (QED) is 0.544. The molecule has 0 radical (unpaired) electrons. The van der Waals surface area contributed by atoms with Crippen LogP contribution in [0.3, 0.4) is 0 Å². The summed E-state index contributed by atoms with van der Waals surface area (Å²) in [5.74, 6) is 0. The zero-order chi connectivity index (χ0) is 15.0. The third-order valence-corrected chi connectivity index (χ3v) is 3.57. The molecule has 0 bridgehead atoms. The van der Waals surface area contributed by atoms with E-state index in [2.05, 4.69) is 0 Å². The average Bonchev–Trinajstić information content (AvgIpc) is 2.86. The van der Waals surface area contributed by atoms with Gasteiger partial charge < -0.3 is 4.84 Å². The fraction of sp³-hybridized carbons (Fsp3) is 0.0667. The molecule has 21 heavy (non-hydrogen) atoms. The van der Waals surface area contributed by atoms with Gasteiger partial charge in [0.1, 0.15) is 7.11 Å². The van der Waals surface area contributed by atoms with Gasteiger partial charge in [0, 0.05) is 28.1 Å². The molecule has 0 amide bonds. The predicted molar refractivity (Wildman–Crippen MR) is 81.5 cm³/mol. The van der Waals surface area contributed by atoms with Gasteiger partial charge in [0.05, 0.1) is 16.6 Å². The van der Waals surface area contributed by atoms with E-state index in [9.17, 15) is 10.1 Å². The Morgan fingerprint density at radius 3 is 2.52 bits per heavy atom.